The van der Waals surface area contributed by atoms with Crippen LogP contribution in [-0.4, -0.2) is 26.0 Å². The van der Waals surface area contributed by atoms with E-state index in [1.54, 1.807) is 13.8 Å². The third kappa shape index (κ3) is 5.54. The number of hydrogen-bond acceptors (Lipinski definition) is 2. The molecule has 0 aliphatic rings. The van der Waals surface area contributed by atoms with Crippen LogP contribution in [0.5, 0.6) is 0 Å². The molecule has 0 aromatic heterocycles. The fourth-order valence-corrected chi connectivity index (χ4v) is 13.7. The van der Waals surface area contributed by atoms with E-state index in [4.69, 9.17) is 0 Å². The molecule has 0 atom stereocenters. The molecule has 0 amide bonds. The Morgan fingerprint density at radius 3 is 1.65 bits per heavy atom. The summed E-state index contributed by atoms with van der Waals surface area (Å²) in [6, 6.07) is 0. The molecule has 17 heavy (non-hydrogen) atoms. The molecule has 0 N–H and O–H groups in total. The van der Waals surface area contributed by atoms with E-state index in [0.29, 0.717) is 0 Å². The molecule has 0 aliphatic heterocycles. The maximum atomic E-state index is 11.9. The van der Waals surface area contributed by atoms with Crippen molar-refractivity contribution in [2.24, 2.45) is 0 Å². The van der Waals surface area contributed by atoms with Gasteiger partial charge in [0.25, 0.3) is 0 Å². The second-order valence-corrected chi connectivity index (χ2v) is 18.2. The van der Waals surface area contributed by atoms with Gasteiger partial charge in [0.05, 0.1) is 0 Å². The van der Waals surface area contributed by atoms with Gasteiger partial charge in [-0.05, 0) is 0 Å². The van der Waals surface area contributed by atoms with Crippen LogP contribution in [0.15, 0.2) is 0 Å². The number of carbonyl (C=O) groups is 2. The van der Waals surface area contributed by atoms with Gasteiger partial charge in [-0.15, -0.1) is 0 Å². The zero-order valence-corrected chi connectivity index (χ0v) is 14.8. The minimum absolute atomic E-state index is 0.275. The third-order valence-electron chi connectivity index (χ3n) is 3.76. The molecular formula is C14H28O2Sn. The molecule has 2 nitrogen and oxygen atoms in total. The molecule has 0 fully saturated rings. The first-order valence-electron chi connectivity index (χ1n) is 7.03. The summed E-state index contributed by atoms with van der Waals surface area (Å²) >= 11 is -3.13. The number of carbonyl (C=O) groups excluding carboxylic acids is 2. The molecule has 100 valence electrons. The van der Waals surface area contributed by atoms with Crippen LogP contribution in [0.25, 0.3) is 0 Å². The van der Waals surface area contributed by atoms with E-state index in [-0.39, 0.29) is 7.60 Å². The van der Waals surface area contributed by atoms with E-state index in [1.807, 2.05) is 0 Å². The topological polar surface area (TPSA) is 34.1 Å². The predicted molar refractivity (Wildman–Crippen MR) is 75.8 cm³/mol. The summed E-state index contributed by atoms with van der Waals surface area (Å²) in [5.41, 5.74) is 0. The maximum absolute atomic E-state index is 11.9. The molecule has 0 bridgehead atoms. The van der Waals surface area contributed by atoms with Gasteiger partial charge in [-0.1, -0.05) is 0 Å². The molecular weight excluding hydrogens is 319 g/mol. The fraction of sp³-hybridized carbons (Fsp3) is 0.857. The normalized spacial score (nSPS) is 11.5. The first-order chi connectivity index (χ1) is 8.01. The number of rotatable bonds is 10. The molecule has 0 heterocycles. The van der Waals surface area contributed by atoms with Crippen LogP contribution in [0.2, 0.25) is 8.87 Å². The van der Waals surface area contributed by atoms with E-state index in [2.05, 4.69) is 13.8 Å². The van der Waals surface area contributed by atoms with Gasteiger partial charge in [0.2, 0.25) is 0 Å². The first-order valence-corrected chi connectivity index (χ1v) is 13.9. The second-order valence-electron chi connectivity index (χ2n) is 5.11. The summed E-state index contributed by atoms with van der Waals surface area (Å²) < 4.78 is 2.45. The van der Waals surface area contributed by atoms with Gasteiger partial charge in [0, 0.05) is 0 Å². The van der Waals surface area contributed by atoms with Gasteiger partial charge in [-0.25, -0.2) is 0 Å². The molecule has 0 unspecified atom stereocenters. The van der Waals surface area contributed by atoms with Crippen LogP contribution >= 0.6 is 0 Å². The van der Waals surface area contributed by atoms with Gasteiger partial charge < -0.3 is 0 Å². The summed E-state index contributed by atoms with van der Waals surface area (Å²) in [6.07, 6.45) is 6.86. The van der Waals surface area contributed by atoms with E-state index >= 15 is 0 Å². The van der Waals surface area contributed by atoms with Gasteiger partial charge in [0.15, 0.2) is 0 Å². The molecule has 0 saturated heterocycles. The van der Waals surface area contributed by atoms with Crippen molar-refractivity contribution in [3.8, 4) is 0 Å². The Morgan fingerprint density at radius 1 is 0.765 bits per heavy atom. The van der Waals surface area contributed by atoms with Gasteiger partial charge >= 0.3 is 111 Å². The Morgan fingerprint density at radius 2 is 1.24 bits per heavy atom. The van der Waals surface area contributed by atoms with Crippen molar-refractivity contribution in [1.29, 1.82) is 0 Å². The minimum atomic E-state index is -3.13. The first kappa shape index (κ1) is 17.1. The van der Waals surface area contributed by atoms with Gasteiger partial charge in [-0.2, -0.15) is 0 Å². The molecule has 0 radical (unpaired) electrons. The zero-order chi connectivity index (χ0) is 13.3. The standard InChI is InChI=1S/C6H13.C4H9.2C2H3O.Sn/c1-3-5-6-4-2;1-3-4-2;2*1-2-3;/h1,3-6H2,2H3;1,3-4H2,2H3;2*1H3;. The Labute approximate surface area is 110 Å². The molecule has 0 aliphatic carbocycles. The molecule has 0 aromatic rings. The Hall–Kier alpha value is 0.139. The van der Waals surface area contributed by atoms with Gasteiger partial charge in [-0.3, -0.25) is 0 Å². The van der Waals surface area contributed by atoms with Crippen LogP contribution in [0.1, 0.15) is 66.2 Å². The Bertz CT molecular complexity index is 235. The van der Waals surface area contributed by atoms with Crippen molar-refractivity contribution in [3.05, 3.63) is 0 Å². The van der Waals surface area contributed by atoms with Crippen molar-refractivity contribution < 1.29 is 9.59 Å². The zero-order valence-electron chi connectivity index (χ0n) is 12.0. The van der Waals surface area contributed by atoms with Crippen LogP contribution in [-0.2, 0) is 9.59 Å². The van der Waals surface area contributed by atoms with E-state index < -0.39 is 18.4 Å². The van der Waals surface area contributed by atoms with Crippen molar-refractivity contribution >= 4 is 26.0 Å². The Balaban J connectivity index is 4.56. The molecule has 0 saturated carbocycles. The van der Waals surface area contributed by atoms with E-state index in [1.165, 1.54) is 19.3 Å². The van der Waals surface area contributed by atoms with Crippen LogP contribution in [0, 0.1) is 0 Å². The predicted octanol–water partition coefficient (Wildman–Crippen LogP) is 4.07. The van der Waals surface area contributed by atoms with Crippen LogP contribution in [0.3, 0.4) is 0 Å². The summed E-state index contributed by atoms with van der Waals surface area (Å²) in [6.45, 7) is 7.66. The van der Waals surface area contributed by atoms with Crippen molar-refractivity contribution in [1.82, 2.24) is 0 Å². The second kappa shape index (κ2) is 9.12. The quantitative estimate of drug-likeness (QED) is 0.441. The number of hydrogen-bond donors (Lipinski definition) is 0. The number of unbranched alkanes of at least 4 members (excludes halogenated alkanes) is 4. The van der Waals surface area contributed by atoms with E-state index in [0.717, 1.165) is 28.1 Å². The molecule has 0 rings (SSSR count). The molecule has 0 spiro atoms. The fourth-order valence-electron chi connectivity index (χ4n) is 2.41. The van der Waals surface area contributed by atoms with Gasteiger partial charge in [0.1, 0.15) is 0 Å². The summed E-state index contributed by atoms with van der Waals surface area (Å²) in [7, 11) is 0. The van der Waals surface area contributed by atoms with Crippen molar-refractivity contribution in [3.63, 3.8) is 0 Å². The van der Waals surface area contributed by atoms with Crippen LogP contribution in [0.4, 0.5) is 0 Å². The SMILES string of the molecule is CCCCC[CH2][Sn]([CH2]CCC)([C](C)=O)[C](C)=O. The van der Waals surface area contributed by atoms with Crippen LogP contribution < -0.4 is 0 Å². The third-order valence-corrected chi connectivity index (χ3v) is 18.3. The molecule has 3 heteroatoms. The average molecular weight is 347 g/mol. The Kier molecular flexibility index (Phi) is 9.19. The summed E-state index contributed by atoms with van der Waals surface area (Å²) in [4.78, 5) is 23.9. The summed E-state index contributed by atoms with van der Waals surface area (Å²) in [5.74, 6) is 0. The average Bonchev–Trinajstić information content (AvgIpc) is 2.27. The van der Waals surface area contributed by atoms with E-state index in [9.17, 15) is 9.59 Å². The van der Waals surface area contributed by atoms with Crippen molar-refractivity contribution in [2.75, 3.05) is 0 Å². The molecule has 0 aromatic carbocycles. The van der Waals surface area contributed by atoms with Crippen molar-refractivity contribution in [2.45, 2.75) is 75.1 Å². The summed E-state index contributed by atoms with van der Waals surface area (Å²) in [5, 5.41) is 0. The monoisotopic (exact) mass is 348 g/mol.